The van der Waals surface area contributed by atoms with Crippen molar-refractivity contribution in [2.45, 2.75) is 19.3 Å². The first-order valence-corrected chi connectivity index (χ1v) is 8.68. The van der Waals surface area contributed by atoms with E-state index in [-0.39, 0.29) is 5.91 Å². The third-order valence-electron chi connectivity index (χ3n) is 4.01. The standard InChI is InChI=1S/C17H18Cl2N4O/c18-13-4-3-12(14(19)9-13)5-6-20-17(24)15-10-16(22-11-21-15)23-7-1-2-8-23/h3-4,9-11H,1-2,5-8H2,(H,20,24). The second-order valence-corrected chi connectivity index (χ2v) is 6.54. The van der Waals surface area contributed by atoms with Crippen LogP contribution in [0.3, 0.4) is 0 Å². The molecule has 1 amide bonds. The first-order chi connectivity index (χ1) is 11.6. The van der Waals surface area contributed by atoms with Crippen molar-refractivity contribution in [2.24, 2.45) is 0 Å². The lowest BCUT2D eigenvalue weighted by Gasteiger charge is -2.16. The van der Waals surface area contributed by atoms with Crippen LogP contribution in [0.2, 0.25) is 10.0 Å². The van der Waals surface area contributed by atoms with Crippen LogP contribution in [0.4, 0.5) is 5.82 Å². The van der Waals surface area contributed by atoms with Crippen LogP contribution in [-0.2, 0) is 6.42 Å². The van der Waals surface area contributed by atoms with Gasteiger partial charge in [-0.3, -0.25) is 4.79 Å². The molecular formula is C17H18Cl2N4O. The number of nitrogens with zero attached hydrogens (tertiary/aromatic N) is 3. The lowest BCUT2D eigenvalue weighted by atomic mass is 10.1. The third kappa shape index (κ3) is 4.16. The molecule has 1 aromatic heterocycles. The number of carbonyl (C=O) groups excluding carboxylic acids is 1. The normalized spacial score (nSPS) is 14.0. The van der Waals surface area contributed by atoms with E-state index in [9.17, 15) is 4.79 Å². The fourth-order valence-corrected chi connectivity index (χ4v) is 3.22. The summed E-state index contributed by atoms with van der Waals surface area (Å²) in [4.78, 5) is 22.8. The van der Waals surface area contributed by atoms with Gasteiger partial charge in [-0.1, -0.05) is 29.3 Å². The van der Waals surface area contributed by atoms with E-state index in [4.69, 9.17) is 23.2 Å². The van der Waals surface area contributed by atoms with Gasteiger partial charge in [-0.05, 0) is 37.0 Å². The van der Waals surface area contributed by atoms with Crippen molar-refractivity contribution >= 4 is 34.9 Å². The highest BCUT2D eigenvalue weighted by Crippen LogP contribution is 2.21. The van der Waals surface area contributed by atoms with Gasteiger partial charge in [0, 0.05) is 35.7 Å². The number of aromatic nitrogens is 2. The van der Waals surface area contributed by atoms with Crippen LogP contribution in [0.15, 0.2) is 30.6 Å². The fourth-order valence-electron chi connectivity index (χ4n) is 2.72. The molecule has 1 aliphatic rings. The number of halogens is 2. The second-order valence-electron chi connectivity index (χ2n) is 5.70. The summed E-state index contributed by atoms with van der Waals surface area (Å²) in [5.41, 5.74) is 1.33. The Morgan fingerprint density at radius 2 is 1.96 bits per heavy atom. The zero-order valence-corrected chi connectivity index (χ0v) is 14.6. The molecule has 0 bridgehead atoms. The molecule has 7 heteroatoms. The number of benzene rings is 1. The quantitative estimate of drug-likeness (QED) is 0.883. The highest BCUT2D eigenvalue weighted by molar-refractivity contribution is 6.35. The van der Waals surface area contributed by atoms with Crippen LogP contribution in [0, 0.1) is 0 Å². The van der Waals surface area contributed by atoms with Gasteiger partial charge in [0.2, 0.25) is 0 Å². The number of rotatable bonds is 5. The average Bonchev–Trinajstić information content (AvgIpc) is 3.11. The minimum absolute atomic E-state index is 0.206. The zero-order chi connectivity index (χ0) is 16.9. The molecular weight excluding hydrogens is 347 g/mol. The van der Waals surface area contributed by atoms with Gasteiger partial charge < -0.3 is 10.2 Å². The predicted octanol–water partition coefficient (Wildman–Crippen LogP) is 3.36. The molecule has 1 aliphatic heterocycles. The molecule has 0 unspecified atom stereocenters. The SMILES string of the molecule is O=C(NCCc1ccc(Cl)cc1Cl)c1cc(N2CCCC2)ncn1. The molecule has 1 saturated heterocycles. The highest BCUT2D eigenvalue weighted by Gasteiger charge is 2.16. The van der Waals surface area contributed by atoms with Gasteiger partial charge in [0.25, 0.3) is 5.91 Å². The van der Waals surface area contributed by atoms with Gasteiger partial charge in [-0.15, -0.1) is 0 Å². The number of hydrogen-bond donors (Lipinski definition) is 1. The van der Waals surface area contributed by atoms with Crippen LogP contribution in [-0.4, -0.2) is 35.5 Å². The number of carbonyl (C=O) groups is 1. The molecule has 1 aromatic carbocycles. The lowest BCUT2D eigenvalue weighted by Crippen LogP contribution is -2.27. The van der Waals surface area contributed by atoms with E-state index >= 15 is 0 Å². The van der Waals surface area contributed by atoms with E-state index < -0.39 is 0 Å². The summed E-state index contributed by atoms with van der Waals surface area (Å²) in [5, 5.41) is 4.07. The highest BCUT2D eigenvalue weighted by atomic mass is 35.5. The number of anilines is 1. The molecule has 3 rings (SSSR count). The van der Waals surface area contributed by atoms with Gasteiger partial charge in [0.1, 0.15) is 17.8 Å². The molecule has 0 aliphatic carbocycles. The smallest absolute Gasteiger partial charge is 0.270 e. The van der Waals surface area contributed by atoms with Gasteiger partial charge in [-0.25, -0.2) is 9.97 Å². The van der Waals surface area contributed by atoms with Gasteiger partial charge >= 0.3 is 0 Å². The Hall–Kier alpha value is -1.85. The lowest BCUT2D eigenvalue weighted by molar-refractivity contribution is 0.0949. The Bertz CT molecular complexity index is 732. The van der Waals surface area contributed by atoms with E-state index in [1.165, 1.54) is 6.33 Å². The Kier molecular flexibility index (Phi) is 5.53. The van der Waals surface area contributed by atoms with Crippen molar-refractivity contribution in [1.82, 2.24) is 15.3 Å². The topological polar surface area (TPSA) is 58.1 Å². The van der Waals surface area contributed by atoms with Gasteiger partial charge in [0.15, 0.2) is 0 Å². The van der Waals surface area contributed by atoms with Crippen LogP contribution < -0.4 is 10.2 Å². The van der Waals surface area contributed by atoms with E-state index in [1.807, 2.05) is 6.07 Å². The maximum absolute atomic E-state index is 12.3. The second kappa shape index (κ2) is 7.81. The number of nitrogens with one attached hydrogen (secondary N) is 1. The molecule has 24 heavy (non-hydrogen) atoms. The van der Waals surface area contributed by atoms with Crippen molar-refractivity contribution in [3.63, 3.8) is 0 Å². The minimum atomic E-state index is -0.206. The molecule has 126 valence electrons. The summed E-state index contributed by atoms with van der Waals surface area (Å²) in [6.45, 7) is 2.43. The molecule has 5 nitrogen and oxygen atoms in total. The molecule has 0 saturated carbocycles. The largest absolute Gasteiger partial charge is 0.357 e. The third-order valence-corrected chi connectivity index (χ3v) is 4.60. The number of hydrogen-bond acceptors (Lipinski definition) is 4. The molecule has 2 aromatic rings. The van der Waals surface area contributed by atoms with Crippen LogP contribution >= 0.6 is 23.2 Å². The summed E-state index contributed by atoms with van der Waals surface area (Å²) >= 11 is 12.0. The first kappa shape index (κ1) is 17.0. The molecule has 0 radical (unpaired) electrons. The van der Waals surface area contributed by atoms with Crippen LogP contribution in [0.1, 0.15) is 28.9 Å². The maximum Gasteiger partial charge on any atom is 0.270 e. The summed E-state index contributed by atoms with van der Waals surface area (Å²) in [6, 6.07) is 7.10. The Morgan fingerprint density at radius 1 is 1.17 bits per heavy atom. The predicted molar refractivity (Wildman–Crippen MR) is 96.0 cm³/mol. The fraction of sp³-hybridized carbons (Fsp3) is 0.353. The zero-order valence-electron chi connectivity index (χ0n) is 13.1. The van der Waals surface area contributed by atoms with Crippen LogP contribution in [0.25, 0.3) is 0 Å². The van der Waals surface area contributed by atoms with Gasteiger partial charge in [-0.2, -0.15) is 0 Å². The first-order valence-electron chi connectivity index (χ1n) is 7.92. The van der Waals surface area contributed by atoms with Crippen molar-refractivity contribution in [3.8, 4) is 0 Å². The van der Waals surface area contributed by atoms with E-state index in [1.54, 1.807) is 18.2 Å². The van der Waals surface area contributed by atoms with Crippen LogP contribution in [0.5, 0.6) is 0 Å². The van der Waals surface area contributed by atoms with Crippen molar-refractivity contribution in [2.75, 3.05) is 24.5 Å². The van der Waals surface area contributed by atoms with E-state index in [0.717, 1.165) is 37.3 Å². The summed E-state index contributed by atoms with van der Waals surface area (Å²) in [6.07, 6.45) is 4.39. The van der Waals surface area contributed by atoms with E-state index in [2.05, 4.69) is 20.2 Å². The Morgan fingerprint density at radius 3 is 2.71 bits per heavy atom. The monoisotopic (exact) mass is 364 g/mol. The Balaban J connectivity index is 1.57. The van der Waals surface area contributed by atoms with Crippen molar-refractivity contribution in [1.29, 1.82) is 0 Å². The summed E-state index contributed by atoms with van der Waals surface area (Å²) in [5.74, 6) is 0.608. The van der Waals surface area contributed by atoms with E-state index in [0.29, 0.717) is 28.7 Å². The van der Waals surface area contributed by atoms with Crippen molar-refractivity contribution < 1.29 is 4.79 Å². The summed E-state index contributed by atoms with van der Waals surface area (Å²) in [7, 11) is 0. The Labute approximate surface area is 151 Å². The molecule has 0 atom stereocenters. The minimum Gasteiger partial charge on any atom is -0.357 e. The molecule has 1 N–H and O–H groups in total. The molecule has 0 spiro atoms. The molecule has 1 fully saturated rings. The molecule has 2 heterocycles. The average molecular weight is 365 g/mol. The number of amides is 1. The van der Waals surface area contributed by atoms with Crippen molar-refractivity contribution in [3.05, 3.63) is 51.9 Å². The summed E-state index contributed by atoms with van der Waals surface area (Å²) < 4.78 is 0. The van der Waals surface area contributed by atoms with Gasteiger partial charge in [0.05, 0.1) is 0 Å². The maximum atomic E-state index is 12.3.